The zero-order valence-electron chi connectivity index (χ0n) is 8.51. The molecule has 1 atom stereocenters. The molecule has 0 aromatic heterocycles. The molecule has 84 valence electrons. The Hall–Kier alpha value is -1.52. The van der Waals surface area contributed by atoms with Gasteiger partial charge in [-0.1, -0.05) is 23.7 Å². The van der Waals surface area contributed by atoms with Crippen molar-refractivity contribution in [2.45, 2.75) is 13.0 Å². The maximum Gasteiger partial charge on any atom is 0.332 e. The molecule has 2 N–H and O–H groups in total. The summed E-state index contributed by atoms with van der Waals surface area (Å²) in [5.74, 6) is -1.12. The van der Waals surface area contributed by atoms with E-state index in [4.69, 9.17) is 16.7 Å². The molecule has 1 heterocycles. The third-order valence-electron chi connectivity index (χ3n) is 2.58. The van der Waals surface area contributed by atoms with Gasteiger partial charge < -0.3 is 5.11 Å². The van der Waals surface area contributed by atoms with Crippen LogP contribution in [0.15, 0.2) is 18.2 Å². The van der Waals surface area contributed by atoms with Crippen LogP contribution >= 0.6 is 11.6 Å². The molecule has 0 spiro atoms. The van der Waals surface area contributed by atoms with Gasteiger partial charge in [0.05, 0.1) is 10.7 Å². The van der Waals surface area contributed by atoms with E-state index in [-0.39, 0.29) is 0 Å². The number of fused-ring (bicyclic) bond motifs is 1. The maximum atomic E-state index is 10.9. The van der Waals surface area contributed by atoms with E-state index in [1.807, 2.05) is 13.0 Å². The highest BCUT2D eigenvalue weighted by atomic mass is 35.5. The van der Waals surface area contributed by atoms with Gasteiger partial charge in [0.2, 0.25) is 0 Å². The van der Waals surface area contributed by atoms with Crippen LogP contribution in [0.2, 0.25) is 5.02 Å². The Balaban J connectivity index is 2.59. The Labute approximate surface area is 97.3 Å². The molecule has 1 aliphatic heterocycles. The molecule has 0 bridgehead atoms. The molecule has 1 aliphatic rings. The molecule has 0 saturated carbocycles. The Bertz CT molecular complexity index is 484. The number of halogens is 1. The molecule has 5 heteroatoms. The minimum absolute atomic E-state index is 0.332. The van der Waals surface area contributed by atoms with Crippen LogP contribution in [0.5, 0.6) is 0 Å². The lowest BCUT2D eigenvalue weighted by Gasteiger charge is -2.28. The van der Waals surface area contributed by atoms with Crippen molar-refractivity contribution in [1.29, 1.82) is 0 Å². The average Bonchev–Trinajstić information content (AvgIpc) is 2.23. The summed E-state index contributed by atoms with van der Waals surface area (Å²) in [6, 6.07) is 2.36. The summed E-state index contributed by atoms with van der Waals surface area (Å²) in [6.07, 6.45) is 3.09. The number of hydrogen-bond donors (Lipinski definition) is 2. The second-order valence-electron chi connectivity index (χ2n) is 3.61. The molecule has 1 unspecified atom stereocenters. The van der Waals surface area contributed by atoms with Crippen LogP contribution in [0, 0.1) is 6.92 Å². The molecule has 0 aliphatic carbocycles. The number of anilines is 1. The van der Waals surface area contributed by atoms with Crippen molar-refractivity contribution in [2.75, 3.05) is 5.06 Å². The highest BCUT2D eigenvalue weighted by molar-refractivity contribution is 6.33. The average molecular weight is 240 g/mol. The van der Waals surface area contributed by atoms with Crippen molar-refractivity contribution >= 4 is 29.3 Å². The van der Waals surface area contributed by atoms with Gasteiger partial charge >= 0.3 is 5.97 Å². The van der Waals surface area contributed by atoms with Gasteiger partial charge in [0.25, 0.3) is 0 Å². The minimum atomic E-state index is -1.12. The van der Waals surface area contributed by atoms with E-state index >= 15 is 0 Å². The van der Waals surface area contributed by atoms with E-state index < -0.39 is 12.0 Å². The number of hydroxylamine groups is 1. The monoisotopic (exact) mass is 239 g/mol. The van der Waals surface area contributed by atoms with E-state index in [2.05, 4.69) is 0 Å². The summed E-state index contributed by atoms with van der Waals surface area (Å²) in [6.45, 7) is 1.87. The van der Waals surface area contributed by atoms with Crippen molar-refractivity contribution in [3.8, 4) is 0 Å². The quantitative estimate of drug-likeness (QED) is 0.790. The number of aryl methyl sites for hydroxylation is 1. The van der Waals surface area contributed by atoms with Gasteiger partial charge in [0.1, 0.15) is 0 Å². The fourth-order valence-electron chi connectivity index (χ4n) is 1.72. The van der Waals surface area contributed by atoms with Gasteiger partial charge in [-0.2, -0.15) is 0 Å². The molecular formula is C11H10ClNO3. The lowest BCUT2D eigenvalue weighted by Crippen LogP contribution is -2.39. The fraction of sp³-hybridized carbons (Fsp3) is 0.182. The second-order valence-corrected chi connectivity index (χ2v) is 4.02. The van der Waals surface area contributed by atoms with Crippen molar-refractivity contribution < 1.29 is 15.1 Å². The number of carbonyl (C=O) groups is 1. The number of rotatable bonds is 1. The Morgan fingerprint density at radius 3 is 2.81 bits per heavy atom. The van der Waals surface area contributed by atoms with E-state index in [0.717, 1.165) is 11.1 Å². The summed E-state index contributed by atoms with van der Waals surface area (Å²) in [4.78, 5) is 10.9. The molecule has 0 saturated heterocycles. The van der Waals surface area contributed by atoms with E-state index in [9.17, 15) is 10.0 Å². The smallest absolute Gasteiger partial charge is 0.332 e. The maximum absolute atomic E-state index is 10.9. The molecular weight excluding hydrogens is 230 g/mol. The zero-order chi connectivity index (χ0) is 11.9. The van der Waals surface area contributed by atoms with Crippen LogP contribution < -0.4 is 5.06 Å². The van der Waals surface area contributed by atoms with Crippen molar-refractivity contribution in [3.05, 3.63) is 34.4 Å². The van der Waals surface area contributed by atoms with Gasteiger partial charge in [0, 0.05) is 5.56 Å². The lowest BCUT2D eigenvalue weighted by molar-refractivity contribution is -0.138. The molecule has 0 amide bonds. The second kappa shape index (κ2) is 3.81. The molecule has 4 nitrogen and oxygen atoms in total. The van der Waals surface area contributed by atoms with Crippen LogP contribution in [-0.4, -0.2) is 22.3 Å². The first-order valence-corrected chi connectivity index (χ1v) is 5.08. The summed E-state index contributed by atoms with van der Waals surface area (Å²) in [7, 11) is 0. The third kappa shape index (κ3) is 1.56. The SMILES string of the molecule is Cc1ccc(Cl)c2c1C=CC(C(=O)O)N2O. The third-order valence-corrected chi connectivity index (χ3v) is 2.88. The number of carboxylic acids is 1. The largest absolute Gasteiger partial charge is 0.479 e. The normalized spacial score (nSPS) is 18.4. The standard InChI is InChI=1S/C11H10ClNO3/c1-6-2-4-8(12)10-7(6)3-5-9(11(14)15)13(10)16/h2-5,9,16H,1H3,(H,14,15). The molecule has 0 radical (unpaired) electrons. The molecule has 16 heavy (non-hydrogen) atoms. The van der Waals surface area contributed by atoms with Crippen molar-refractivity contribution in [1.82, 2.24) is 0 Å². The summed E-state index contributed by atoms with van der Waals surface area (Å²) < 4.78 is 0. The number of carboxylic acid groups (broad SMARTS) is 1. The van der Waals surface area contributed by atoms with Crippen LogP contribution in [0.25, 0.3) is 6.08 Å². The highest BCUT2D eigenvalue weighted by Gasteiger charge is 2.29. The van der Waals surface area contributed by atoms with E-state index in [1.165, 1.54) is 6.08 Å². The van der Waals surface area contributed by atoms with Gasteiger partial charge in [-0.3, -0.25) is 5.21 Å². The van der Waals surface area contributed by atoms with Crippen LogP contribution in [0.3, 0.4) is 0 Å². The topological polar surface area (TPSA) is 60.8 Å². The summed E-state index contributed by atoms with van der Waals surface area (Å²) in [5.41, 5.74) is 2.02. The number of nitrogens with zero attached hydrogens (tertiary/aromatic N) is 1. The van der Waals surface area contributed by atoms with E-state index in [0.29, 0.717) is 15.8 Å². The Kier molecular flexibility index (Phi) is 2.61. The molecule has 0 fully saturated rings. The van der Waals surface area contributed by atoms with Gasteiger partial charge in [-0.15, -0.1) is 0 Å². The first-order valence-electron chi connectivity index (χ1n) is 4.70. The first-order chi connectivity index (χ1) is 7.52. The lowest BCUT2D eigenvalue weighted by atomic mass is 10.0. The molecule has 1 aromatic carbocycles. The summed E-state index contributed by atoms with van der Waals surface area (Å²) >= 11 is 5.95. The minimum Gasteiger partial charge on any atom is -0.479 e. The number of aliphatic carboxylic acids is 1. The Morgan fingerprint density at radius 2 is 2.19 bits per heavy atom. The van der Waals surface area contributed by atoms with Crippen LogP contribution in [-0.2, 0) is 4.79 Å². The molecule has 1 aromatic rings. The number of benzene rings is 1. The fourth-order valence-corrected chi connectivity index (χ4v) is 1.97. The zero-order valence-corrected chi connectivity index (χ0v) is 9.27. The van der Waals surface area contributed by atoms with Crippen molar-refractivity contribution in [3.63, 3.8) is 0 Å². The molecule has 2 rings (SSSR count). The predicted octanol–water partition coefficient (Wildman–Crippen LogP) is 2.32. The predicted molar refractivity (Wildman–Crippen MR) is 60.9 cm³/mol. The van der Waals surface area contributed by atoms with Gasteiger partial charge in [-0.25, -0.2) is 9.86 Å². The Morgan fingerprint density at radius 1 is 1.50 bits per heavy atom. The first kappa shape index (κ1) is 11.0. The number of hydrogen-bond acceptors (Lipinski definition) is 3. The van der Waals surface area contributed by atoms with Gasteiger partial charge in [0.15, 0.2) is 6.04 Å². The van der Waals surface area contributed by atoms with Crippen LogP contribution in [0.1, 0.15) is 11.1 Å². The highest BCUT2D eigenvalue weighted by Crippen LogP contribution is 2.36. The van der Waals surface area contributed by atoms with Gasteiger partial charge in [-0.05, 0) is 24.6 Å². The van der Waals surface area contributed by atoms with E-state index in [1.54, 1.807) is 12.1 Å². The summed E-state index contributed by atoms with van der Waals surface area (Å²) in [5, 5.41) is 19.7. The van der Waals surface area contributed by atoms with Crippen LogP contribution in [0.4, 0.5) is 5.69 Å². The van der Waals surface area contributed by atoms with Crippen molar-refractivity contribution in [2.24, 2.45) is 0 Å².